The highest BCUT2D eigenvalue weighted by Gasteiger charge is 2.29. The molecule has 1 aromatic heterocycles. The van der Waals surface area contributed by atoms with E-state index in [9.17, 15) is 18.5 Å². The molecular formula is C23H28N6O4S. The van der Waals surface area contributed by atoms with Crippen molar-refractivity contribution >= 4 is 21.4 Å². The minimum Gasteiger partial charge on any atom is -0.375 e. The number of aromatic nitrogens is 2. The molecule has 11 heteroatoms. The minimum absolute atomic E-state index is 0.0708. The Bertz CT molecular complexity index is 1300. The van der Waals surface area contributed by atoms with Gasteiger partial charge < -0.3 is 10.2 Å². The largest absolute Gasteiger partial charge is 0.375 e. The smallest absolute Gasteiger partial charge is 0.293 e. The van der Waals surface area contributed by atoms with Gasteiger partial charge >= 0.3 is 0 Å². The monoisotopic (exact) mass is 484 g/mol. The van der Waals surface area contributed by atoms with Crippen LogP contribution in [0.4, 0.5) is 11.4 Å². The van der Waals surface area contributed by atoms with Gasteiger partial charge in [0.2, 0.25) is 10.0 Å². The predicted molar refractivity (Wildman–Crippen MR) is 130 cm³/mol. The van der Waals surface area contributed by atoms with Crippen LogP contribution in [0.1, 0.15) is 17.0 Å². The number of hydrogen-bond acceptors (Lipinski definition) is 7. The maximum atomic E-state index is 13.0. The van der Waals surface area contributed by atoms with Crippen molar-refractivity contribution in [3.8, 4) is 5.69 Å². The van der Waals surface area contributed by atoms with Crippen LogP contribution in [0, 0.1) is 24.0 Å². The number of anilines is 1. The van der Waals surface area contributed by atoms with Crippen molar-refractivity contribution in [1.29, 1.82) is 0 Å². The third-order valence-corrected chi connectivity index (χ3v) is 8.06. The van der Waals surface area contributed by atoms with Crippen molar-refractivity contribution in [2.24, 2.45) is 0 Å². The number of nitro groups is 1. The van der Waals surface area contributed by atoms with Crippen molar-refractivity contribution in [2.45, 2.75) is 25.3 Å². The lowest BCUT2D eigenvalue weighted by Gasteiger charge is -2.31. The number of aryl methyl sites for hydroxylation is 1. The van der Waals surface area contributed by atoms with Crippen molar-refractivity contribution < 1.29 is 13.3 Å². The van der Waals surface area contributed by atoms with Gasteiger partial charge in [-0.2, -0.15) is 9.40 Å². The number of likely N-dealkylation sites (N-methyl/N-ethyl adjacent to an activating group) is 1. The SMILES string of the molecule is Cc1nn(-c2ccccc2)c(C)c1CNc1ccc(S(=O)(=O)N2CCN(C)CC2)cc1[N+](=O)[O-]. The first-order chi connectivity index (χ1) is 16.2. The number of rotatable bonds is 7. The number of sulfonamides is 1. The molecule has 2 heterocycles. The molecule has 1 saturated heterocycles. The maximum absolute atomic E-state index is 13.0. The van der Waals surface area contributed by atoms with Gasteiger partial charge in [0, 0.05) is 50.0 Å². The van der Waals surface area contributed by atoms with E-state index in [1.54, 1.807) is 0 Å². The molecule has 0 atom stereocenters. The Balaban J connectivity index is 1.58. The zero-order valence-electron chi connectivity index (χ0n) is 19.4. The molecule has 0 spiro atoms. The fourth-order valence-electron chi connectivity index (χ4n) is 4.08. The average molecular weight is 485 g/mol. The lowest BCUT2D eigenvalue weighted by Crippen LogP contribution is -2.47. The Kier molecular flexibility index (Phi) is 6.69. The average Bonchev–Trinajstić information content (AvgIpc) is 3.11. The van der Waals surface area contributed by atoms with Crippen molar-refractivity contribution in [3.05, 3.63) is 75.6 Å². The number of nitrogens with one attached hydrogen (secondary N) is 1. The normalized spacial score (nSPS) is 15.4. The molecule has 0 unspecified atom stereocenters. The van der Waals surface area contributed by atoms with Crippen LogP contribution in [0.2, 0.25) is 0 Å². The minimum atomic E-state index is -3.80. The Morgan fingerprint density at radius 2 is 1.74 bits per heavy atom. The van der Waals surface area contributed by atoms with Gasteiger partial charge in [-0.1, -0.05) is 18.2 Å². The second-order valence-electron chi connectivity index (χ2n) is 8.39. The molecule has 0 saturated carbocycles. The molecule has 180 valence electrons. The molecule has 0 amide bonds. The summed E-state index contributed by atoms with van der Waals surface area (Å²) in [7, 11) is -1.87. The van der Waals surface area contributed by atoms with Crippen LogP contribution in [0.5, 0.6) is 0 Å². The maximum Gasteiger partial charge on any atom is 0.293 e. The van der Waals surface area contributed by atoms with Crippen LogP contribution in [-0.2, 0) is 16.6 Å². The standard InChI is InChI=1S/C23H28N6O4S/c1-17-21(18(2)28(25-17)19-7-5-4-6-8-19)16-24-22-10-9-20(15-23(22)29(30)31)34(32,33)27-13-11-26(3)12-14-27/h4-10,15,24H,11-14,16H2,1-3H3. The van der Waals surface area contributed by atoms with Crippen LogP contribution >= 0.6 is 0 Å². The van der Waals surface area contributed by atoms with Gasteiger partial charge in [-0.25, -0.2) is 13.1 Å². The Labute approximate surface area is 199 Å². The summed E-state index contributed by atoms with van der Waals surface area (Å²) in [6.07, 6.45) is 0. The van der Waals surface area contributed by atoms with E-state index >= 15 is 0 Å². The van der Waals surface area contributed by atoms with E-state index in [-0.39, 0.29) is 16.3 Å². The Morgan fingerprint density at radius 1 is 1.06 bits per heavy atom. The van der Waals surface area contributed by atoms with Crippen molar-refractivity contribution in [1.82, 2.24) is 19.0 Å². The summed E-state index contributed by atoms with van der Waals surface area (Å²) in [4.78, 5) is 13.2. The number of benzene rings is 2. The lowest BCUT2D eigenvalue weighted by molar-refractivity contribution is -0.384. The van der Waals surface area contributed by atoms with E-state index in [1.165, 1.54) is 16.4 Å². The number of para-hydroxylation sites is 1. The number of nitrogens with zero attached hydrogens (tertiary/aromatic N) is 5. The van der Waals surface area contributed by atoms with Crippen LogP contribution in [-0.4, -0.2) is 65.6 Å². The molecule has 1 fully saturated rings. The molecule has 3 aromatic rings. The molecule has 2 aromatic carbocycles. The molecule has 34 heavy (non-hydrogen) atoms. The summed E-state index contributed by atoms with van der Waals surface area (Å²) >= 11 is 0. The molecule has 0 aliphatic carbocycles. The van der Waals surface area contributed by atoms with Crippen LogP contribution in [0.3, 0.4) is 0 Å². The quantitative estimate of drug-likeness (QED) is 0.405. The van der Waals surface area contributed by atoms with E-state index in [0.717, 1.165) is 28.7 Å². The van der Waals surface area contributed by atoms with E-state index in [2.05, 4.69) is 10.4 Å². The van der Waals surface area contributed by atoms with Gasteiger partial charge in [-0.3, -0.25) is 10.1 Å². The van der Waals surface area contributed by atoms with Crippen LogP contribution in [0.25, 0.3) is 5.69 Å². The summed E-state index contributed by atoms with van der Waals surface area (Å²) < 4.78 is 29.3. The summed E-state index contributed by atoms with van der Waals surface area (Å²) in [5.74, 6) is 0. The van der Waals surface area contributed by atoms with Gasteiger partial charge in [-0.05, 0) is 45.2 Å². The molecule has 1 aliphatic heterocycles. The second kappa shape index (κ2) is 9.53. The summed E-state index contributed by atoms with van der Waals surface area (Å²) in [6, 6.07) is 13.8. The van der Waals surface area contributed by atoms with Crippen LogP contribution in [0.15, 0.2) is 53.4 Å². The first-order valence-electron chi connectivity index (χ1n) is 11.0. The van der Waals surface area contributed by atoms with E-state index in [1.807, 2.05) is 60.8 Å². The highest BCUT2D eigenvalue weighted by atomic mass is 32.2. The molecule has 0 bridgehead atoms. The molecular weight excluding hydrogens is 456 g/mol. The summed E-state index contributed by atoms with van der Waals surface area (Å²) in [6.45, 7) is 6.11. The molecule has 4 rings (SSSR count). The third-order valence-electron chi connectivity index (χ3n) is 6.16. The van der Waals surface area contributed by atoms with Gasteiger partial charge in [-0.15, -0.1) is 0 Å². The fourth-order valence-corrected chi connectivity index (χ4v) is 5.53. The zero-order chi connectivity index (χ0) is 24.5. The lowest BCUT2D eigenvalue weighted by atomic mass is 10.2. The van der Waals surface area contributed by atoms with Gasteiger partial charge in [0.05, 0.1) is 21.2 Å². The van der Waals surface area contributed by atoms with E-state index in [0.29, 0.717) is 32.7 Å². The number of hydrogen-bond donors (Lipinski definition) is 1. The summed E-state index contributed by atoms with van der Waals surface area (Å²) in [5, 5.41) is 19.5. The van der Waals surface area contributed by atoms with E-state index in [4.69, 9.17) is 0 Å². The zero-order valence-corrected chi connectivity index (χ0v) is 20.2. The van der Waals surface area contributed by atoms with Gasteiger partial charge in [0.1, 0.15) is 5.69 Å². The van der Waals surface area contributed by atoms with Crippen molar-refractivity contribution in [3.63, 3.8) is 0 Å². The first kappa shape index (κ1) is 23.9. The van der Waals surface area contributed by atoms with Gasteiger partial charge in [0.15, 0.2) is 0 Å². The molecule has 10 nitrogen and oxygen atoms in total. The number of nitro benzene ring substituents is 1. The van der Waals surface area contributed by atoms with Crippen molar-refractivity contribution in [2.75, 3.05) is 38.5 Å². The van der Waals surface area contributed by atoms with Crippen LogP contribution < -0.4 is 5.32 Å². The molecule has 1 N–H and O–H groups in total. The topological polar surface area (TPSA) is 114 Å². The fraction of sp³-hybridized carbons (Fsp3) is 0.348. The highest BCUT2D eigenvalue weighted by Crippen LogP contribution is 2.30. The Hall–Kier alpha value is -3.28. The Morgan fingerprint density at radius 3 is 2.38 bits per heavy atom. The molecule has 0 radical (unpaired) electrons. The number of piperazine rings is 1. The first-order valence-corrected chi connectivity index (χ1v) is 12.4. The summed E-state index contributed by atoms with van der Waals surface area (Å²) in [5.41, 5.74) is 3.57. The van der Waals surface area contributed by atoms with Gasteiger partial charge in [0.25, 0.3) is 5.69 Å². The van der Waals surface area contributed by atoms with E-state index < -0.39 is 14.9 Å². The predicted octanol–water partition coefficient (Wildman–Crippen LogP) is 2.95. The second-order valence-corrected chi connectivity index (χ2v) is 10.3. The highest BCUT2D eigenvalue weighted by molar-refractivity contribution is 7.89. The molecule has 1 aliphatic rings. The third kappa shape index (κ3) is 4.67.